The highest BCUT2D eigenvalue weighted by atomic mass is 31.2. The summed E-state index contributed by atoms with van der Waals surface area (Å²) >= 11 is 0. The van der Waals surface area contributed by atoms with Gasteiger partial charge in [-0.3, -0.25) is 9.59 Å². The van der Waals surface area contributed by atoms with Crippen molar-refractivity contribution in [2.45, 2.75) is 25.3 Å². The zero-order valence-electron chi connectivity index (χ0n) is 16.3. The van der Waals surface area contributed by atoms with Crippen LogP contribution in [0.5, 0.6) is 11.5 Å². The molecule has 0 bridgehead atoms. The number of benzene rings is 2. The number of carbonyl (C=O) groups is 2. The maximum Gasteiger partial charge on any atom is 0.478 e. The first-order valence-corrected chi connectivity index (χ1v) is 11.1. The quantitative estimate of drug-likeness (QED) is 0.591. The summed E-state index contributed by atoms with van der Waals surface area (Å²) in [5.74, 6) is -0.320. The number of nitrogens with two attached hydrogens (primary N) is 2. The predicted octanol–water partition coefficient (Wildman–Crippen LogP) is 3.00. The minimum Gasteiger partial charge on any atom is -0.412 e. The molecule has 30 heavy (non-hydrogen) atoms. The normalized spacial score (nSPS) is 14.7. The topological polar surface area (TPSA) is 125 Å². The Morgan fingerprint density at radius 3 is 2.03 bits per heavy atom. The van der Waals surface area contributed by atoms with Gasteiger partial charge >= 0.3 is 7.60 Å². The SMILES string of the molecule is NC(=O)CC[C@H](N)C(=O)N1CCC=C1P(=O)(Oc1ccccc1)Oc1ccccc1. The first kappa shape index (κ1) is 21.6. The maximum absolute atomic E-state index is 13.9. The Hall–Kier alpha value is -3.09. The van der Waals surface area contributed by atoms with Crippen molar-refractivity contribution in [2.24, 2.45) is 11.5 Å². The summed E-state index contributed by atoms with van der Waals surface area (Å²) < 4.78 is 25.5. The largest absolute Gasteiger partial charge is 0.478 e. The van der Waals surface area contributed by atoms with Gasteiger partial charge in [-0.15, -0.1) is 0 Å². The molecular weight excluding hydrogens is 405 g/mol. The molecule has 0 spiro atoms. The fourth-order valence-corrected chi connectivity index (χ4v) is 4.87. The molecule has 1 atom stereocenters. The minimum atomic E-state index is -3.98. The van der Waals surface area contributed by atoms with Gasteiger partial charge in [-0.2, -0.15) is 0 Å². The Bertz CT molecular complexity index is 920. The number of para-hydroxylation sites is 2. The second kappa shape index (κ2) is 9.61. The number of carbonyl (C=O) groups excluding carboxylic acids is 2. The number of amides is 2. The Morgan fingerprint density at radius 2 is 1.53 bits per heavy atom. The molecule has 0 unspecified atom stereocenters. The molecule has 158 valence electrons. The monoisotopic (exact) mass is 429 g/mol. The van der Waals surface area contributed by atoms with Crippen LogP contribution in [0.1, 0.15) is 19.3 Å². The number of rotatable bonds is 9. The molecule has 3 rings (SSSR count). The molecule has 2 aromatic rings. The van der Waals surface area contributed by atoms with Crippen LogP contribution in [0.15, 0.2) is 72.2 Å². The highest BCUT2D eigenvalue weighted by molar-refractivity contribution is 7.59. The molecule has 1 aliphatic heterocycles. The molecule has 0 saturated carbocycles. The summed E-state index contributed by atoms with van der Waals surface area (Å²) in [5, 5.41) is 0. The Morgan fingerprint density at radius 1 is 1.00 bits per heavy atom. The molecule has 0 saturated heterocycles. The van der Waals surface area contributed by atoms with Crippen LogP contribution in [-0.2, 0) is 14.2 Å². The highest BCUT2D eigenvalue weighted by Gasteiger charge is 2.43. The van der Waals surface area contributed by atoms with Crippen molar-refractivity contribution < 1.29 is 23.2 Å². The van der Waals surface area contributed by atoms with Gasteiger partial charge in [-0.1, -0.05) is 36.4 Å². The molecule has 0 radical (unpaired) electrons. The minimum absolute atomic E-state index is 0.0154. The van der Waals surface area contributed by atoms with E-state index in [1.54, 1.807) is 66.7 Å². The molecular formula is C21H24N3O5P. The Kier molecular flexibility index (Phi) is 6.92. The maximum atomic E-state index is 13.9. The first-order valence-electron chi connectivity index (χ1n) is 9.54. The second-order valence-electron chi connectivity index (χ2n) is 6.76. The average Bonchev–Trinajstić information content (AvgIpc) is 3.23. The van der Waals surface area contributed by atoms with E-state index in [9.17, 15) is 14.2 Å². The van der Waals surface area contributed by atoms with Crippen molar-refractivity contribution in [1.82, 2.24) is 4.90 Å². The third kappa shape index (κ3) is 5.28. The average molecular weight is 429 g/mol. The predicted molar refractivity (Wildman–Crippen MR) is 113 cm³/mol. The smallest absolute Gasteiger partial charge is 0.412 e. The van der Waals surface area contributed by atoms with Crippen LogP contribution >= 0.6 is 7.60 Å². The van der Waals surface area contributed by atoms with Gasteiger partial charge in [0.05, 0.1) is 6.04 Å². The van der Waals surface area contributed by atoms with Crippen LogP contribution in [0.2, 0.25) is 0 Å². The molecule has 1 heterocycles. The van der Waals surface area contributed by atoms with Gasteiger partial charge in [0.15, 0.2) is 5.44 Å². The standard InChI is InChI=1S/C21H24N3O5P/c22-18(13-14-19(23)25)21(26)24-15-7-12-20(24)30(27,28-16-8-3-1-4-9-16)29-17-10-5-2-6-11-17/h1-6,8-12,18H,7,13-15,22H2,(H2,23,25)/t18-/m0/s1. The van der Waals surface area contributed by atoms with E-state index in [1.807, 2.05) is 0 Å². The van der Waals surface area contributed by atoms with Crippen molar-refractivity contribution in [1.29, 1.82) is 0 Å². The lowest BCUT2D eigenvalue weighted by molar-refractivity contribution is -0.130. The molecule has 0 aliphatic carbocycles. The van der Waals surface area contributed by atoms with Gasteiger partial charge in [0.2, 0.25) is 11.8 Å². The number of hydrogen-bond donors (Lipinski definition) is 2. The van der Waals surface area contributed by atoms with E-state index in [2.05, 4.69) is 0 Å². The molecule has 2 aromatic carbocycles. The Labute approximate surface area is 175 Å². The summed E-state index contributed by atoms with van der Waals surface area (Å²) in [4.78, 5) is 25.2. The molecule has 2 amide bonds. The zero-order valence-corrected chi connectivity index (χ0v) is 17.2. The summed E-state index contributed by atoms with van der Waals surface area (Å²) in [6, 6.07) is 16.2. The van der Waals surface area contributed by atoms with E-state index in [4.69, 9.17) is 20.5 Å². The summed E-state index contributed by atoms with van der Waals surface area (Å²) in [7, 11) is -3.98. The summed E-state index contributed by atoms with van der Waals surface area (Å²) in [5.41, 5.74) is 11.2. The van der Waals surface area contributed by atoms with Gasteiger partial charge < -0.3 is 25.4 Å². The van der Waals surface area contributed by atoms with Gasteiger partial charge in [-0.25, -0.2) is 4.57 Å². The van der Waals surface area contributed by atoms with Crippen molar-refractivity contribution in [3.63, 3.8) is 0 Å². The molecule has 4 N–H and O–H groups in total. The second-order valence-corrected chi connectivity index (χ2v) is 8.58. The van der Waals surface area contributed by atoms with Crippen LogP contribution in [0.3, 0.4) is 0 Å². The van der Waals surface area contributed by atoms with E-state index in [0.717, 1.165) is 0 Å². The summed E-state index contributed by atoms with van der Waals surface area (Å²) in [6.45, 7) is 0.290. The number of nitrogens with zero attached hydrogens (tertiary/aromatic N) is 1. The third-order valence-corrected chi connectivity index (χ3v) is 6.35. The lowest BCUT2D eigenvalue weighted by Crippen LogP contribution is -2.43. The summed E-state index contributed by atoms with van der Waals surface area (Å²) in [6.07, 6.45) is 2.22. The fraction of sp³-hybridized carbons (Fsp3) is 0.238. The van der Waals surface area contributed by atoms with Crippen molar-refractivity contribution in [3.8, 4) is 11.5 Å². The van der Waals surface area contributed by atoms with Crippen molar-refractivity contribution in [3.05, 3.63) is 72.2 Å². The Balaban J connectivity index is 1.88. The lowest BCUT2D eigenvalue weighted by Gasteiger charge is -2.28. The molecule has 0 aromatic heterocycles. The van der Waals surface area contributed by atoms with Crippen LogP contribution in [0.4, 0.5) is 0 Å². The van der Waals surface area contributed by atoms with E-state index < -0.39 is 25.5 Å². The van der Waals surface area contributed by atoms with Crippen molar-refractivity contribution in [2.75, 3.05) is 6.54 Å². The fourth-order valence-electron chi connectivity index (χ4n) is 3.00. The van der Waals surface area contributed by atoms with E-state index in [0.29, 0.717) is 24.5 Å². The van der Waals surface area contributed by atoms with Gasteiger partial charge in [0.25, 0.3) is 0 Å². The van der Waals surface area contributed by atoms with Crippen LogP contribution in [-0.4, -0.2) is 29.3 Å². The number of hydrogen-bond acceptors (Lipinski definition) is 6. The van der Waals surface area contributed by atoms with Crippen LogP contribution < -0.4 is 20.5 Å². The highest BCUT2D eigenvalue weighted by Crippen LogP contribution is 2.58. The zero-order chi connectivity index (χ0) is 21.6. The van der Waals surface area contributed by atoms with Gasteiger partial charge in [0.1, 0.15) is 11.5 Å². The third-order valence-electron chi connectivity index (χ3n) is 4.46. The molecule has 9 heteroatoms. The van der Waals surface area contributed by atoms with E-state index in [-0.39, 0.29) is 18.3 Å². The lowest BCUT2D eigenvalue weighted by atomic mass is 10.1. The molecule has 1 aliphatic rings. The first-order chi connectivity index (χ1) is 14.4. The number of primary amides is 1. The van der Waals surface area contributed by atoms with E-state index in [1.165, 1.54) is 4.90 Å². The van der Waals surface area contributed by atoms with Gasteiger partial charge in [-0.05, 0) is 43.2 Å². The van der Waals surface area contributed by atoms with Crippen LogP contribution in [0, 0.1) is 0 Å². The van der Waals surface area contributed by atoms with E-state index >= 15 is 0 Å². The van der Waals surface area contributed by atoms with Crippen molar-refractivity contribution >= 4 is 19.4 Å². The molecule has 8 nitrogen and oxygen atoms in total. The molecule has 0 fully saturated rings. The van der Waals surface area contributed by atoms with Gasteiger partial charge in [0, 0.05) is 13.0 Å². The van der Waals surface area contributed by atoms with Crippen LogP contribution in [0.25, 0.3) is 0 Å².